The van der Waals surface area contributed by atoms with Crippen molar-refractivity contribution in [1.82, 2.24) is 5.32 Å². The molecule has 1 fully saturated rings. The summed E-state index contributed by atoms with van der Waals surface area (Å²) in [5.74, 6) is -0.692. The Labute approximate surface area is 190 Å². The number of carbonyl (C=O) groups excluding carboxylic acids is 2. The highest BCUT2D eigenvalue weighted by atomic mass is 32.1. The molecule has 1 heterocycles. The minimum atomic E-state index is -0.567. The fraction of sp³-hybridized carbons (Fsp3) is 0.286. The lowest BCUT2D eigenvalue weighted by molar-refractivity contribution is -0.384. The van der Waals surface area contributed by atoms with Gasteiger partial charge in [0.05, 0.1) is 29.4 Å². The first-order valence-corrected chi connectivity index (χ1v) is 10.4. The van der Waals surface area contributed by atoms with Gasteiger partial charge >= 0.3 is 0 Å². The maximum atomic E-state index is 13.0. The number of non-ortho nitro benzene ring substituents is 1. The predicted molar refractivity (Wildman–Crippen MR) is 125 cm³/mol. The van der Waals surface area contributed by atoms with Crippen LogP contribution in [0.4, 0.5) is 22.7 Å². The summed E-state index contributed by atoms with van der Waals surface area (Å²) in [6.07, 6.45) is 0.348. The first kappa shape index (κ1) is 23.1. The Morgan fingerprint density at radius 1 is 1.12 bits per heavy atom. The van der Waals surface area contributed by atoms with Crippen molar-refractivity contribution in [2.45, 2.75) is 13.3 Å². The number of benzene rings is 2. The number of nitro benzene ring substituents is 1. The zero-order valence-corrected chi connectivity index (χ0v) is 18.2. The number of morpholine rings is 1. The Balaban J connectivity index is 1.75. The molecule has 0 aliphatic carbocycles. The number of rotatable bonds is 6. The van der Waals surface area contributed by atoms with E-state index in [1.54, 1.807) is 37.3 Å². The van der Waals surface area contributed by atoms with Gasteiger partial charge in [-0.25, -0.2) is 0 Å². The largest absolute Gasteiger partial charge is 0.378 e. The summed E-state index contributed by atoms with van der Waals surface area (Å²) in [6.45, 7) is 3.89. The van der Waals surface area contributed by atoms with E-state index in [-0.39, 0.29) is 22.3 Å². The summed E-state index contributed by atoms with van der Waals surface area (Å²) in [7, 11) is 0. The van der Waals surface area contributed by atoms with E-state index in [1.807, 2.05) is 4.90 Å². The smallest absolute Gasteiger partial charge is 0.270 e. The normalized spacial score (nSPS) is 13.2. The average molecular weight is 458 g/mol. The lowest BCUT2D eigenvalue weighted by atomic mass is 10.1. The Kier molecular flexibility index (Phi) is 7.68. The topological polar surface area (TPSA) is 126 Å². The Bertz CT molecular complexity index is 1040. The van der Waals surface area contributed by atoms with E-state index < -0.39 is 10.8 Å². The van der Waals surface area contributed by atoms with Gasteiger partial charge in [0, 0.05) is 43.0 Å². The zero-order chi connectivity index (χ0) is 23.1. The third kappa shape index (κ3) is 5.99. The summed E-state index contributed by atoms with van der Waals surface area (Å²) in [5, 5.41) is 19.5. The summed E-state index contributed by atoms with van der Waals surface area (Å²) in [5.41, 5.74) is 1.68. The molecule has 10 nitrogen and oxygen atoms in total. The van der Waals surface area contributed by atoms with Crippen LogP contribution in [0.5, 0.6) is 0 Å². The molecule has 3 N–H and O–H groups in total. The molecule has 0 radical (unpaired) electrons. The summed E-state index contributed by atoms with van der Waals surface area (Å²) >= 11 is 5.25. The molecule has 1 saturated heterocycles. The predicted octanol–water partition coefficient (Wildman–Crippen LogP) is 2.91. The number of anilines is 3. The molecule has 2 aromatic carbocycles. The SMILES string of the molecule is CCC(=O)Nc1cccc(NC(=S)NC(=O)c2cc([N+](=O)[O-])ccc2N2CCOCC2)c1. The molecular formula is C21H23N5O5S. The molecule has 0 aromatic heterocycles. The number of nitro groups is 1. The van der Waals surface area contributed by atoms with Crippen LogP contribution >= 0.6 is 12.2 Å². The van der Waals surface area contributed by atoms with Gasteiger partial charge in [-0.05, 0) is 36.5 Å². The molecule has 3 rings (SSSR count). The Hall–Kier alpha value is -3.57. The van der Waals surface area contributed by atoms with Crippen LogP contribution in [0.15, 0.2) is 42.5 Å². The quantitative estimate of drug-likeness (QED) is 0.343. The van der Waals surface area contributed by atoms with Crippen molar-refractivity contribution >= 4 is 51.9 Å². The molecule has 0 bridgehead atoms. The molecule has 168 valence electrons. The van der Waals surface area contributed by atoms with Crippen molar-refractivity contribution in [3.05, 3.63) is 58.1 Å². The van der Waals surface area contributed by atoms with Crippen molar-refractivity contribution < 1.29 is 19.2 Å². The monoisotopic (exact) mass is 457 g/mol. The Morgan fingerprint density at radius 2 is 1.81 bits per heavy atom. The van der Waals surface area contributed by atoms with Gasteiger partial charge in [0.2, 0.25) is 5.91 Å². The first-order chi connectivity index (χ1) is 15.4. The highest BCUT2D eigenvalue weighted by molar-refractivity contribution is 7.80. The van der Waals surface area contributed by atoms with Crippen molar-refractivity contribution in [3.63, 3.8) is 0 Å². The zero-order valence-electron chi connectivity index (χ0n) is 17.4. The molecule has 1 aliphatic rings. The van der Waals surface area contributed by atoms with Gasteiger partial charge in [-0.3, -0.25) is 25.0 Å². The van der Waals surface area contributed by atoms with Gasteiger partial charge in [-0.1, -0.05) is 13.0 Å². The lowest BCUT2D eigenvalue weighted by Crippen LogP contribution is -2.39. The number of nitrogens with one attached hydrogen (secondary N) is 3. The van der Waals surface area contributed by atoms with E-state index in [0.717, 1.165) is 0 Å². The van der Waals surface area contributed by atoms with Gasteiger partial charge in [0.15, 0.2) is 5.11 Å². The fourth-order valence-electron chi connectivity index (χ4n) is 3.16. The van der Waals surface area contributed by atoms with Crippen LogP contribution in [0, 0.1) is 10.1 Å². The summed E-state index contributed by atoms with van der Waals surface area (Å²) in [6, 6.07) is 11.0. The van der Waals surface area contributed by atoms with Crippen LogP contribution in [0.25, 0.3) is 0 Å². The van der Waals surface area contributed by atoms with Crippen LogP contribution in [0.2, 0.25) is 0 Å². The van der Waals surface area contributed by atoms with Gasteiger partial charge < -0.3 is 20.3 Å². The van der Waals surface area contributed by atoms with Crippen LogP contribution in [0.3, 0.4) is 0 Å². The van der Waals surface area contributed by atoms with E-state index in [0.29, 0.717) is 49.8 Å². The molecule has 32 heavy (non-hydrogen) atoms. The van der Waals surface area contributed by atoms with E-state index in [1.165, 1.54) is 12.1 Å². The molecular weight excluding hydrogens is 434 g/mol. The molecule has 0 atom stereocenters. The number of ether oxygens (including phenoxy) is 1. The second-order valence-electron chi connectivity index (χ2n) is 6.95. The number of hydrogen-bond acceptors (Lipinski definition) is 7. The second kappa shape index (κ2) is 10.6. The van der Waals surface area contributed by atoms with Crippen LogP contribution < -0.4 is 20.9 Å². The minimum Gasteiger partial charge on any atom is -0.378 e. The molecule has 0 unspecified atom stereocenters. The minimum absolute atomic E-state index is 0.0217. The average Bonchev–Trinajstić information content (AvgIpc) is 2.79. The number of carbonyl (C=O) groups is 2. The van der Waals surface area contributed by atoms with Gasteiger partial charge in [0.1, 0.15) is 0 Å². The third-order valence-corrected chi connectivity index (χ3v) is 4.94. The van der Waals surface area contributed by atoms with Gasteiger partial charge in [0.25, 0.3) is 11.6 Å². The summed E-state index contributed by atoms with van der Waals surface area (Å²) < 4.78 is 5.35. The Morgan fingerprint density at radius 3 is 2.47 bits per heavy atom. The van der Waals surface area contributed by atoms with Crippen LogP contribution in [-0.2, 0) is 9.53 Å². The maximum absolute atomic E-state index is 13.0. The highest BCUT2D eigenvalue weighted by Gasteiger charge is 2.22. The fourth-order valence-corrected chi connectivity index (χ4v) is 3.37. The molecule has 0 spiro atoms. The molecule has 11 heteroatoms. The van der Waals surface area contributed by atoms with Crippen molar-refractivity contribution in [2.75, 3.05) is 41.8 Å². The molecule has 2 aromatic rings. The number of nitrogens with zero attached hydrogens (tertiary/aromatic N) is 2. The maximum Gasteiger partial charge on any atom is 0.270 e. The van der Waals surface area contributed by atoms with Crippen molar-refractivity contribution in [1.29, 1.82) is 0 Å². The number of amides is 2. The van der Waals surface area contributed by atoms with Crippen molar-refractivity contribution in [3.8, 4) is 0 Å². The van der Waals surface area contributed by atoms with Crippen LogP contribution in [-0.4, -0.2) is 48.2 Å². The van der Waals surface area contributed by atoms with Crippen LogP contribution in [0.1, 0.15) is 23.7 Å². The first-order valence-electron chi connectivity index (χ1n) is 10.0. The third-order valence-electron chi connectivity index (χ3n) is 4.74. The van der Waals surface area contributed by atoms with Crippen molar-refractivity contribution in [2.24, 2.45) is 0 Å². The number of thiocarbonyl (C=S) groups is 1. The van der Waals surface area contributed by atoms with E-state index in [4.69, 9.17) is 17.0 Å². The number of hydrogen-bond donors (Lipinski definition) is 3. The second-order valence-corrected chi connectivity index (χ2v) is 7.36. The molecule has 2 amide bonds. The van der Waals surface area contributed by atoms with Gasteiger partial charge in [-0.15, -0.1) is 0 Å². The van der Waals surface area contributed by atoms with E-state index in [2.05, 4.69) is 16.0 Å². The highest BCUT2D eigenvalue weighted by Crippen LogP contribution is 2.26. The molecule has 0 saturated carbocycles. The molecule has 1 aliphatic heterocycles. The van der Waals surface area contributed by atoms with Gasteiger partial charge in [-0.2, -0.15) is 0 Å². The van der Waals surface area contributed by atoms with E-state index >= 15 is 0 Å². The van der Waals surface area contributed by atoms with E-state index in [9.17, 15) is 19.7 Å². The summed E-state index contributed by atoms with van der Waals surface area (Å²) in [4.78, 5) is 37.2. The standard InChI is InChI=1S/C21H23N5O5S/c1-2-19(27)22-14-4-3-5-15(12-14)23-21(32)24-20(28)17-13-16(26(29)30)6-7-18(17)25-8-10-31-11-9-25/h3-7,12-13H,2,8-11H2,1H3,(H,22,27)(H2,23,24,28,32). The lowest BCUT2D eigenvalue weighted by Gasteiger charge is -2.30.